The summed E-state index contributed by atoms with van der Waals surface area (Å²) in [7, 11) is -7.51. The number of ether oxygens (including phenoxy) is 2. The van der Waals surface area contributed by atoms with Gasteiger partial charge in [-0.15, -0.1) is 0 Å². The molecule has 4 aromatic rings. The van der Waals surface area contributed by atoms with E-state index in [1.807, 2.05) is 0 Å². The number of hydrogen-bond acceptors (Lipinski definition) is 10. The summed E-state index contributed by atoms with van der Waals surface area (Å²) in [6.07, 6.45) is -6.91. The summed E-state index contributed by atoms with van der Waals surface area (Å²) in [6, 6.07) is 10.4. The fourth-order valence-corrected chi connectivity index (χ4v) is 11.7. The van der Waals surface area contributed by atoms with Crippen LogP contribution in [0.1, 0.15) is 115 Å². The summed E-state index contributed by atoms with van der Waals surface area (Å²) >= 11 is 23.9. The lowest BCUT2D eigenvalue weighted by molar-refractivity contribution is -0.182. The van der Waals surface area contributed by atoms with Gasteiger partial charge in [0.1, 0.15) is 47.7 Å². The topological polar surface area (TPSA) is 202 Å². The Hall–Kier alpha value is -4.54. The first-order chi connectivity index (χ1) is 34.0. The molecule has 2 saturated heterocycles. The zero-order valence-electron chi connectivity index (χ0n) is 41.1. The molecule has 0 radical (unpaired) electrons. The Kier molecular flexibility index (Phi) is 19.1. The molecule has 4 aromatic carbocycles. The molecule has 0 bridgehead atoms. The van der Waals surface area contributed by atoms with Crippen molar-refractivity contribution in [1.82, 2.24) is 9.80 Å². The molecule has 2 N–H and O–H groups in total. The van der Waals surface area contributed by atoms with E-state index in [0.717, 1.165) is 36.4 Å². The lowest BCUT2D eigenvalue weighted by Crippen LogP contribution is -2.56. The van der Waals surface area contributed by atoms with Crippen LogP contribution in [0, 0.1) is 23.3 Å². The van der Waals surface area contributed by atoms with Gasteiger partial charge in [-0.25, -0.2) is 34.4 Å². The third-order valence-electron chi connectivity index (χ3n) is 12.3. The molecule has 0 aromatic heterocycles. The van der Waals surface area contributed by atoms with Gasteiger partial charge in [0, 0.05) is 22.1 Å². The number of hydrogen-bond donors (Lipinski definition) is 2. The maximum absolute atomic E-state index is 14.6. The van der Waals surface area contributed by atoms with Crippen LogP contribution >= 0.6 is 46.4 Å². The van der Waals surface area contributed by atoms with Gasteiger partial charge in [-0.05, 0) is 138 Å². The third kappa shape index (κ3) is 14.1. The van der Waals surface area contributed by atoms with Crippen molar-refractivity contribution in [1.29, 1.82) is 0 Å². The Morgan fingerprint density at radius 3 is 1.16 bits per heavy atom. The van der Waals surface area contributed by atoms with Crippen LogP contribution in [0.3, 0.4) is 0 Å². The zero-order valence-corrected chi connectivity index (χ0v) is 45.7. The first-order valence-corrected chi connectivity index (χ1v) is 27.5. The fraction of sp³-hybridized carbons (Fsp3) is 0.440. The molecule has 2 fully saturated rings. The van der Waals surface area contributed by atoms with E-state index in [1.54, 1.807) is 0 Å². The first-order valence-electron chi connectivity index (χ1n) is 22.7. The van der Waals surface area contributed by atoms with Crippen molar-refractivity contribution in [3.63, 3.8) is 0 Å². The predicted molar refractivity (Wildman–Crippen MR) is 271 cm³/mol. The lowest BCUT2D eigenvalue weighted by atomic mass is 9.90. The van der Waals surface area contributed by atoms with E-state index in [1.165, 1.54) is 102 Å². The van der Waals surface area contributed by atoms with Crippen molar-refractivity contribution in [3.05, 3.63) is 138 Å². The van der Waals surface area contributed by atoms with Crippen LogP contribution in [0.2, 0.25) is 20.1 Å². The molecule has 6 rings (SSSR count). The van der Waals surface area contributed by atoms with Crippen molar-refractivity contribution in [3.8, 4) is 0 Å². The normalized spacial score (nSPS) is 21.7. The maximum atomic E-state index is 14.6. The number of carbonyl (C=O) groups excluding carboxylic acids is 2. The first kappa shape index (κ1) is 60.3. The second kappa shape index (κ2) is 23.4. The minimum absolute atomic E-state index is 0.0150. The van der Waals surface area contributed by atoms with Crippen LogP contribution in [0.15, 0.2) is 72.8 Å². The maximum Gasteiger partial charge on any atom is 0.306 e. The molecule has 74 heavy (non-hydrogen) atoms. The molecule has 0 spiro atoms. The molecule has 2 heterocycles. The number of nitrogens with zero attached hydrogens (tertiary/aromatic N) is 2. The smallest absolute Gasteiger partial charge is 0.306 e. The summed E-state index contributed by atoms with van der Waals surface area (Å²) in [6.45, 7) is 12.1. The van der Waals surface area contributed by atoms with Crippen molar-refractivity contribution in [2.75, 3.05) is 11.5 Å². The van der Waals surface area contributed by atoms with Crippen LogP contribution in [-0.2, 0) is 48.3 Å². The number of carboxylic acid groups (broad SMARTS) is 2. The number of carboxylic acids is 2. The van der Waals surface area contributed by atoms with Gasteiger partial charge < -0.3 is 29.5 Å². The van der Waals surface area contributed by atoms with Crippen LogP contribution in [0.25, 0.3) is 0 Å². The highest BCUT2D eigenvalue weighted by atomic mass is 35.5. The van der Waals surface area contributed by atoms with E-state index in [0.29, 0.717) is 0 Å². The van der Waals surface area contributed by atoms with Crippen molar-refractivity contribution >= 4 is 89.8 Å². The van der Waals surface area contributed by atoms with Gasteiger partial charge in [-0.1, -0.05) is 58.5 Å². The minimum atomic E-state index is -3.75. The van der Waals surface area contributed by atoms with Gasteiger partial charge in [0.05, 0.1) is 56.0 Å². The molecule has 2 aliphatic rings. The quantitative estimate of drug-likeness (QED) is 0.113. The highest BCUT2D eigenvalue weighted by molar-refractivity contribution is 7.93. The largest absolute Gasteiger partial charge is 0.481 e. The summed E-state index contributed by atoms with van der Waals surface area (Å²) in [5, 5.41) is 18.5. The van der Waals surface area contributed by atoms with Crippen LogP contribution in [0.5, 0.6) is 0 Å². The molecule has 404 valence electrons. The number of rotatable bonds is 14. The summed E-state index contributed by atoms with van der Waals surface area (Å²) < 4.78 is 120. The number of aliphatic carboxylic acids is 2. The molecule has 2 amide bonds. The molecular formula is C50H54Cl4F4N2O12S2. The van der Waals surface area contributed by atoms with Crippen molar-refractivity contribution in [2.45, 2.75) is 126 Å². The molecule has 14 nitrogen and oxygen atoms in total. The highest BCUT2D eigenvalue weighted by Gasteiger charge is 2.50. The van der Waals surface area contributed by atoms with Crippen LogP contribution < -0.4 is 0 Å². The van der Waals surface area contributed by atoms with Crippen LogP contribution in [-0.4, -0.2) is 106 Å². The van der Waals surface area contributed by atoms with Crippen molar-refractivity contribution in [2.24, 2.45) is 0 Å². The molecule has 0 unspecified atom stereocenters. The number of sulfone groups is 2. The van der Waals surface area contributed by atoms with E-state index < -0.39 is 149 Å². The Bertz CT molecular complexity index is 2790. The number of morpholine rings is 2. The van der Waals surface area contributed by atoms with Gasteiger partial charge in [0.25, 0.3) is 11.8 Å². The van der Waals surface area contributed by atoms with E-state index in [-0.39, 0.29) is 42.3 Å². The summed E-state index contributed by atoms with van der Waals surface area (Å²) in [5.74, 6) is -8.22. The Labute approximate surface area is 446 Å². The molecule has 2 aliphatic heterocycles. The Morgan fingerprint density at radius 1 is 0.568 bits per heavy atom. The number of amides is 2. The van der Waals surface area contributed by atoms with Crippen LogP contribution in [0.4, 0.5) is 17.6 Å². The number of carbonyl (C=O) groups is 4. The molecule has 0 saturated carbocycles. The molecular weight excluding hydrogens is 1100 g/mol. The van der Waals surface area contributed by atoms with Gasteiger partial charge >= 0.3 is 11.9 Å². The summed E-state index contributed by atoms with van der Waals surface area (Å²) in [4.78, 5) is 52.7. The molecule has 0 aliphatic carbocycles. The van der Waals surface area contributed by atoms with E-state index in [4.69, 9.17) is 55.9 Å². The lowest BCUT2D eigenvalue weighted by Gasteiger charge is -2.47. The molecule has 24 heteroatoms. The zero-order chi connectivity index (χ0) is 55.7. The fourth-order valence-electron chi connectivity index (χ4n) is 8.45. The number of benzene rings is 4. The van der Waals surface area contributed by atoms with Crippen molar-refractivity contribution < 1.29 is 73.3 Å². The molecule has 8 atom stereocenters. The standard InChI is InChI=1S/2C25H27Cl2F2NO6S/c2*1-13(12-37(34,35)25(2,3)4)30-22(14-5-6-18(27)19(29)9-14)23(15-7-16(26)10-17(28)8-15)36-20(24(30)33)11-21(31)32/h2*5-10,13,20,22-23H,11-12H2,1-4H3,(H,31,32)/t13-,20+,22+,23+;13-,20-,22+,23+/m00/s1. The van der Waals surface area contributed by atoms with Gasteiger partial charge in [-0.2, -0.15) is 0 Å². The average molecular weight is 1160 g/mol. The predicted octanol–water partition coefficient (Wildman–Crippen LogP) is 10.7. The third-order valence-corrected chi connectivity index (χ3v) is 18.9. The van der Waals surface area contributed by atoms with Gasteiger partial charge in [0.15, 0.2) is 19.7 Å². The Morgan fingerprint density at radius 2 is 0.892 bits per heavy atom. The van der Waals surface area contributed by atoms with E-state index in [2.05, 4.69) is 0 Å². The minimum Gasteiger partial charge on any atom is -0.481 e. The average Bonchev–Trinajstić information content (AvgIpc) is 3.24. The SMILES string of the molecule is C[C@@H](CS(=O)(=O)C(C)(C)C)N1C(=O)[C@@H](CC(=O)O)O[C@H](c2cc(F)cc(Cl)c2)[C@H]1c1ccc(Cl)c(F)c1.C[C@@H](CS(=O)(=O)C(C)(C)C)N1C(=O)[C@H](CC(=O)O)O[C@H](c2cc(F)cc(Cl)c2)[C@H]1c1ccc(Cl)c(F)c1. The van der Waals surface area contributed by atoms with Gasteiger partial charge in [-0.3, -0.25) is 19.2 Å². The second-order valence-electron chi connectivity index (χ2n) is 19.9. The number of halogens is 8. The Balaban J connectivity index is 0.000000274. The van der Waals surface area contributed by atoms with Gasteiger partial charge in [0.2, 0.25) is 0 Å². The monoisotopic (exact) mass is 1150 g/mol. The van der Waals surface area contributed by atoms with E-state index >= 15 is 0 Å². The second-order valence-corrected chi connectivity index (χ2v) is 27.2. The summed E-state index contributed by atoms with van der Waals surface area (Å²) in [5.41, 5.74) is 0.692. The van der Waals surface area contributed by atoms with E-state index in [9.17, 15) is 63.8 Å². The highest BCUT2D eigenvalue weighted by Crippen LogP contribution is 2.47.